The van der Waals surface area contributed by atoms with Gasteiger partial charge in [0.25, 0.3) is 11.8 Å². The number of hydrogen-bond donors (Lipinski definition) is 3. The molecule has 0 bridgehead atoms. The van der Waals surface area contributed by atoms with Crippen LogP contribution < -0.4 is 16.0 Å². The van der Waals surface area contributed by atoms with Crippen molar-refractivity contribution < 1.29 is 9.59 Å². The number of aromatic nitrogens is 5. The Balaban J connectivity index is 1.41. The highest BCUT2D eigenvalue weighted by atomic mass is 16.2. The second-order valence-electron chi connectivity index (χ2n) is 8.56. The minimum Gasteiger partial charge on any atom is -0.352 e. The maximum atomic E-state index is 13.1. The quantitative estimate of drug-likeness (QED) is 0.311. The molecular formula is C27H26N8O2. The van der Waals surface area contributed by atoms with Crippen molar-refractivity contribution in [3.05, 3.63) is 96.0 Å². The molecule has 10 heteroatoms. The zero-order valence-electron chi connectivity index (χ0n) is 20.7. The zero-order chi connectivity index (χ0) is 25.9. The Morgan fingerprint density at radius 1 is 1.05 bits per heavy atom. The van der Waals surface area contributed by atoms with Gasteiger partial charge in [-0.05, 0) is 62.2 Å². The van der Waals surface area contributed by atoms with Crippen LogP contribution in [0.1, 0.15) is 38.8 Å². The molecule has 0 aliphatic rings. The molecular weight excluding hydrogens is 468 g/mol. The molecule has 0 radical (unpaired) electrons. The van der Waals surface area contributed by atoms with E-state index in [1.54, 1.807) is 35.4 Å². The molecule has 5 rings (SSSR count). The largest absolute Gasteiger partial charge is 0.352 e. The summed E-state index contributed by atoms with van der Waals surface area (Å²) < 4.78 is 3.50. The van der Waals surface area contributed by atoms with Gasteiger partial charge < -0.3 is 20.5 Å². The van der Waals surface area contributed by atoms with E-state index in [9.17, 15) is 9.59 Å². The number of amides is 2. The third kappa shape index (κ3) is 4.76. The van der Waals surface area contributed by atoms with E-state index < -0.39 is 0 Å². The monoisotopic (exact) mass is 494 g/mol. The standard InChI is InChI=1S/C27H26N8O2/c1-4-29-27(37)22-14-35-24(18(22)3)25(30-15-31-35)33-23-12-19(9-8-17(23)2)26(36)32-20-6-5-7-21(13-20)34-11-10-28-16-34/h5-16H,4H2,1-3H3,(H,29,37)(H,32,36)(H,30,31,33). The molecule has 10 nitrogen and oxygen atoms in total. The first kappa shape index (κ1) is 23.7. The molecule has 0 unspecified atom stereocenters. The van der Waals surface area contributed by atoms with E-state index in [0.717, 1.165) is 22.5 Å². The Morgan fingerprint density at radius 3 is 2.70 bits per heavy atom. The zero-order valence-corrected chi connectivity index (χ0v) is 20.7. The average Bonchev–Trinajstić information content (AvgIpc) is 3.55. The number of imidazole rings is 1. The van der Waals surface area contributed by atoms with Gasteiger partial charge in [-0.15, -0.1) is 0 Å². The number of nitrogens with zero attached hydrogens (tertiary/aromatic N) is 5. The summed E-state index contributed by atoms with van der Waals surface area (Å²) in [5.41, 5.74) is 5.70. The fourth-order valence-electron chi connectivity index (χ4n) is 4.12. The Labute approximate surface area is 213 Å². The molecule has 3 N–H and O–H groups in total. The van der Waals surface area contributed by atoms with E-state index in [2.05, 4.69) is 31.0 Å². The van der Waals surface area contributed by atoms with Crippen molar-refractivity contribution in [3.63, 3.8) is 0 Å². The van der Waals surface area contributed by atoms with Crippen LogP contribution in [0.15, 0.2) is 73.7 Å². The second-order valence-corrected chi connectivity index (χ2v) is 8.56. The van der Waals surface area contributed by atoms with E-state index in [1.807, 2.05) is 61.9 Å². The highest BCUT2D eigenvalue weighted by Crippen LogP contribution is 2.28. The van der Waals surface area contributed by atoms with Gasteiger partial charge in [-0.25, -0.2) is 14.5 Å². The predicted octanol–water partition coefficient (Wildman–Crippen LogP) is 4.28. The van der Waals surface area contributed by atoms with Gasteiger partial charge in [0.15, 0.2) is 5.82 Å². The number of carbonyl (C=O) groups excluding carboxylic acids is 2. The smallest absolute Gasteiger partial charge is 0.255 e. The van der Waals surface area contributed by atoms with Crippen LogP contribution >= 0.6 is 0 Å². The van der Waals surface area contributed by atoms with Gasteiger partial charge >= 0.3 is 0 Å². The van der Waals surface area contributed by atoms with Crippen LogP contribution in [-0.2, 0) is 0 Å². The first-order valence-electron chi connectivity index (χ1n) is 11.8. The maximum absolute atomic E-state index is 13.1. The van der Waals surface area contributed by atoms with Crippen molar-refractivity contribution in [2.45, 2.75) is 20.8 Å². The third-order valence-electron chi connectivity index (χ3n) is 6.07. The van der Waals surface area contributed by atoms with Crippen LogP contribution in [0.3, 0.4) is 0 Å². The fraction of sp³-hybridized carbons (Fsp3) is 0.148. The van der Waals surface area contributed by atoms with E-state index in [-0.39, 0.29) is 11.8 Å². The third-order valence-corrected chi connectivity index (χ3v) is 6.07. The first-order chi connectivity index (χ1) is 17.9. The number of rotatable bonds is 7. The van der Waals surface area contributed by atoms with Crippen LogP contribution in [0.25, 0.3) is 11.2 Å². The molecule has 0 spiro atoms. The number of benzene rings is 2. The van der Waals surface area contributed by atoms with Crippen molar-refractivity contribution >= 4 is 34.5 Å². The Hall–Kier alpha value is -4.99. The van der Waals surface area contributed by atoms with E-state index in [0.29, 0.717) is 34.7 Å². The second kappa shape index (κ2) is 9.94. The molecule has 0 saturated carbocycles. The lowest BCUT2D eigenvalue weighted by Gasteiger charge is -2.13. The number of aryl methyl sites for hydroxylation is 2. The molecule has 0 saturated heterocycles. The van der Waals surface area contributed by atoms with Gasteiger partial charge in [0, 0.05) is 47.8 Å². The Morgan fingerprint density at radius 2 is 1.92 bits per heavy atom. The predicted molar refractivity (Wildman–Crippen MR) is 142 cm³/mol. The van der Waals surface area contributed by atoms with E-state index in [1.165, 1.54) is 6.33 Å². The van der Waals surface area contributed by atoms with Gasteiger partial charge in [0.2, 0.25) is 0 Å². The summed E-state index contributed by atoms with van der Waals surface area (Å²) in [6.07, 6.45) is 8.37. The van der Waals surface area contributed by atoms with Gasteiger partial charge in [-0.1, -0.05) is 12.1 Å². The lowest BCUT2D eigenvalue weighted by atomic mass is 10.1. The maximum Gasteiger partial charge on any atom is 0.255 e. The van der Waals surface area contributed by atoms with Gasteiger partial charge in [-0.3, -0.25) is 9.59 Å². The van der Waals surface area contributed by atoms with Crippen molar-refractivity contribution in [2.24, 2.45) is 0 Å². The lowest BCUT2D eigenvalue weighted by Crippen LogP contribution is -2.22. The van der Waals surface area contributed by atoms with Gasteiger partial charge in [-0.2, -0.15) is 5.10 Å². The average molecular weight is 495 g/mol. The van der Waals surface area contributed by atoms with E-state index in [4.69, 9.17) is 0 Å². The molecule has 5 aromatic rings. The normalized spacial score (nSPS) is 10.9. The van der Waals surface area contributed by atoms with Crippen molar-refractivity contribution in [2.75, 3.05) is 17.2 Å². The van der Waals surface area contributed by atoms with Crippen LogP contribution in [0.4, 0.5) is 17.2 Å². The summed E-state index contributed by atoms with van der Waals surface area (Å²) in [6.45, 7) is 6.21. The molecule has 37 heavy (non-hydrogen) atoms. The topological polar surface area (TPSA) is 118 Å². The molecule has 3 aromatic heterocycles. The number of anilines is 3. The van der Waals surface area contributed by atoms with Crippen LogP contribution in [0.2, 0.25) is 0 Å². The minimum absolute atomic E-state index is 0.164. The molecule has 186 valence electrons. The van der Waals surface area contributed by atoms with Gasteiger partial charge in [0.05, 0.1) is 11.9 Å². The molecule has 0 aliphatic heterocycles. The number of fused-ring (bicyclic) bond motifs is 1. The molecule has 0 atom stereocenters. The molecule has 3 heterocycles. The van der Waals surface area contributed by atoms with Crippen molar-refractivity contribution in [3.8, 4) is 5.69 Å². The SMILES string of the molecule is CCNC(=O)c1cn2ncnc(Nc3cc(C(=O)Nc4cccc(-n5ccnc5)c4)ccc3C)c2c1C. The van der Waals surface area contributed by atoms with Crippen molar-refractivity contribution in [1.29, 1.82) is 0 Å². The molecule has 0 fully saturated rings. The van der Waals surface area contributed by atoms with Crippen LogP contribution in [0.5, 0.6) is 0 Å². The van der Waals surface area contributed by atoms with E-state index >= 15 is 0 Å². The van der Waals surface area contributed by atoms with Gasteiger partial charge in [0.1, 0.15) is 11.8 Å². The van der Waals surface area contributed by atoms with Crippen molar-refractivity contribution in [1.82, 2.24) is 29.5 Å². The summed E-state index contributed by atoms with van der Waals surface area (Å²) in [6, 6.07) is 13.0. The highest BCUT2D eigenvalue weighted by molar-refractivity contribution is 6.05. The number of carbonyl (C=O) groups is 2. The number of nitrogens with one attached hydrogen (secondary N) is 3. The molecule has 0 aliphatic carbocycles. The molecule has 2 amide bonds. The Bertz CT molecular complexity index is 1600. The molecule has 2 aromatic carbocycles. The minimum atomic E-state index is -0.240. The van der Waals surface area contributed by atoms with Crippen LogP contribution in [0, 0.1) is 13.8 Å². The fourth-order valence-corrected chi connectivity index (χ4v) is 4.12. The summed E-state index contributed by atoms with van der Waals surface area (Å²) in [7, 11) is 0. The summed E-state index contributed by atoms with van der Waals surface area (Å²) in [5, 5.41) is 13.4. The highest BCUT2D eigenvalue weighted by Gasteiger charge is 2.18. The summed E-state index contributed by atoms with van der Waals surface area (Å²) >= 11 is 0. The first-order valence-corrected chi connectivity index (χ1v) is 11.8. The number of hydrogen-bond acceptors (Lipinski definition) is 6. The Kier molecular flexibility index (Phi) is 6.38. The van der Waals surface area contributed by atoms with Crippen LogP contribution in [-0.4, -0.2) is 42.5 Å². The lowest BCUT2D eigenvalue weighted by molar-refractivity contribution is 0.0954. The summed E-state index contributed by atoms with van der Waals surface area (Å²) in [4.78, 5) is 34.1. The summed E-state index contributed by atoms with van der Waals surface area (Å²) in [5.74, 6) is 0.135.